The van der Waals surface area contributed by atoms with E-state index < -0.39 is 20.9 Å². The molecule has 0 atom stereocenters. The summed E-state index contributed by atoms with van der Waals surface area (Å²) in [6.45, 7) is 4.90. The first-order chi connectivity index (χ1) is 14.3. The Hall–Kier alpha value is -3.28. The number of nitro benzene ring substituents is 1. The van der Waals surface area contributed by atoms with Crippen LogP contribution in [0.2, 0.25) is 0 Å². The van der Waals surface area contributed by atoms with Gasteiger partial charge < -0.3 is 4.74 Å². The molecule has 1 saturated heterocycles. The lowest BCUT2D eigenvalue weighted by atomic mass is 10.1. The van der Waals surface area contributed by atoms with Crippen molar-refractivity contribution in [3.8, 4) is 0 Å². The van der Waals surface area contributed by atoms with Gasteiger partial charge in [0.05, 0.1) is 28.7 Å². The van der Waals surface area contributed by atoms with Gasteiger partial charge in [0.1, 0.15) is 0 Å². The van der Waals surface area contributed by atoms with Crippen LogP contribution in [0.4, 0.5) is 5.69 Å². The summed E-state index contributed by atoms with van der Waals surface area (Å²) in [6.07, 6.45) is 0. The molecule has 1 heterocycles. The zero-order valence-electron chi connectivity index (χ0n) is 15.9. The fraction of sp³-hybridized carbons (Fsp3) is 0.211. The van der Waals surface area contributed by atoms with Crippen molar-refractivity contribution in [3.63, 3.8) is 0 Å². The number of hydrazine groups is 1. The lowest BCUT2D eigenvalue weighted by Gasteiger charge is -2.26. The third kappa shape index (κ3) is 4.82. The number of carbonyl (C=O) groups excluding carboxylic acids is 1. The topological polar surface area (TPSA) is 131 Å². The van der Waals surface area contributed by atoms with Gasteiger partial charge in [-0.2, -0.15) is 4.31 Å². The van der Waals surface area contributed by atoms with Crippen molar-refractivity contribution in [1.82, 2.24) is 15.2 Å². The van der Waals surface area contributed by atoms with E-state index in [9.17, 15) is 23.3 Å². The average Bonchev–Trinajstić information content (AvgIpc) is 2.78. The highest BCUT2D eigenvalue weighted by Gasteiger charge is 2.26. The van der Waals surface area contributed by atoms with Crippen molar-refractivity contribution < 1.29 is 22.9 Å². The molecule has 2 aromatic carbocycles. The van der Waals surface area contributed by atoms with Gasteiger partial charge in [-0.05, 0) is 18.2 Å². The standard InChI is InChI=1S/C19H20N4O6S/c1-14(15-4-2-6-17(12-15)23(25)26)20-21-19(24)16-5-3-7-18(13-16)30(27,28)22-8-10-29-11-9-22/h2-7,12-13,20H,1,8-11H2,(H,21,24). The Balaban J connectivity index is 1.69. The molecule has 2 aromatic rings. The highest BCUT2D eigenvalue weighted by Crippen LogP contribution is 2.19. The van der Waals surface area contributed by atoms with Crippen LogP contribution in [-0.4, -0.2) is 49.9 Å². The van der Waals surface area contributed by atoms with E-state index in [-0.39, 0.29) is 34.9 Å². The Kier molecular flexibility index (Phi) is 6.45. The van der Waals surface area contributed by atoms with E-state index in [1.165, 1.54) is 46.8 Å². The van der Waals surface area contributed by atoms with Gasteiger partial charge in [0.15, 0.2) is 0 Å². The lowest BCUT2D eigenvalue weighted by molar-refractivity contribution is -0.384. The van der Waals surface area contributed by atoms with Gasteiger partial charge in [-0.1, -0.05) is 24.8 Å². The van der Waals surface area contributed by atoms with Crippen LogP contribution in [0, 0.1) is 10.1 Å². The van der Waals surface area contributed by atoms with Crippen molar-refractivity contribution in [1.29, 1.82) is 0 Å². The molecular weight excluding hydrogens is 412 g/mol. The highest BCUT2D eigenvalue weighted by molar-refractivity contribution is 7.89. The fourth-order valence-electron chi connectivity index (χ4n) is 2.82. The molecule has 0 radical (unpaired) electrons. The van der Waals surface area contributed by atoms with E-state index >= 15 is 0 Å². The van der Waals surface area contributed by atoms with Crippen LogP contribution in [0.15, 0.2) is 60.0 Å². The second-order valence-corrected chi connectivity index (χ2v) is 8.35. The van der Waals surface area contributed by atoms with Crippen molar-refractivity contribution in [3.05, 3.63) is 76.4 Å². The number of nitrogens with zero attached hydrogens (tertiary/aromatic N) is 2. The molecule has 158 valence electrons. The third-order valence-electron chi connectivity index (χ3n) is 4.44. The summed E-state index contributed by atoms with van der Waals surface area (Å²) in [5, 5.41) is 10.9. The molecule has 1 amide bonds. The summed E-state index contributed by atoms with van der Waals surface area (Å²) in [4.78, 5) is 22.8. The first-order valence-corrected chi connectivity index (χ1v) is 10.4. The molecule has 1 aliphatic rings. The molecule has 1 aliphatic heterocycles. The number of non-ortho nitro benzene ring substituents is 1. The summed E-state index contributed by atoms with van der Waals surface area (Å²) in [5.74, 6) is -0.583. The lowest BCUT2D eigenvalue weighted by Crippen LogP contribution is -2.40. The number of hydrogen-bond donors (Lipinski definition) is 2. The highest BCUT2D eigenvalue weighted by atomic mass is 32.2. The molecule has 0 saturated carbocycles. The molecule has 0 aromatic heterocycles. The quantitative estimate of drug-likeness (QED) is 0.501. The third-order valence-corrected chi connectivity index (χ3v) is 6.33. The summed E-state index contributed by atoms with van der Waals surface area (Å²) in [7, 11) is -3.73. The molecule has 2 N–H and O–H groups in total. The average molecular weight is 432 g/mol. The minimum absolute atomic E-state index is 0.00885. The first-order valence-electron chi connectivity index (χ1n) is 8.97. The first kappa shape index (κ1) is 21.4. The van der Waals surface area contributed by atoms with E-state index in [4.69, 9.17) is 4.74 Å². The van der Waals surface area contributed by atoms with Crippen LogP contribution in [-0.2, 0) is 14.8 Å². The number of sulfonamides is 1. The van der Waals surface area contributed by atoms with Crippen molar-refractivity contribution >= 4 is 27.3 Å². The predicted molar refractivity (Wildman–Crippen MR) is 109 cm³/mol. The molecule has 30 heavy (non-hydrogen) atoms. The van der Waals surface area contributed by atoms with Crippen LogP contribution in [0.3, 0.4) is 0 Å². The molecule has 3 rings (SSSR count). The minimum atomic E-state index is -3.73. The number of nitrogens with one attached hydrogen (secondary N) is 2. The Morgan fingerprint density at radius 1 is 1.07 bits per heavy atom. The number of carbonyl (C=O) groups is 1. The molecule has 0 spiro atoms. The Morgan fingerprint density at radius 2 is 1.73 bits per heavy atom. The van der Waals surface area contributed by atoms with E-state index in [1.54, 1.807) is 6.07 Å². The Bertz CT molecular complexity index is 1080. The van der Waals surface area contributed by atoms with Gasteiger partial charge in [0.2, 0.25) is 10.0 Å². The number of rotatable bonds is 7. The number of benzene rings is 2. The Labute approximate surface area is 173 Å². The van der Waals surface area contributed by atoms with Crippen LogP contribution in [0.25, 0.3) is 5.70 Å². The number of nitro groups is 1. The molecule has 0 bridgehead atoms. The van der Waals surface area contributed by atoms with E-state index in [1.807, 2.05) is 0 Å². The van der Waals surface area contributed by atoms with E-state index in [0.29, 0.717) is 18.8 Å². The van der Waals surface area contributed by atoms with Gasteiger partial charge in [-0.15, -0.1) is 0 Å². The van der Waals surface area contributed by atoms with Crippen LogP contribution in [0.5, 0.6) is 0 Å². The van der Waals surface area contributed by atoms with Crippen molar-refractivity contribution in [2.75, 3.05) is 26.3 Å². The van der Waals surface area contributed by atoms with Gasteiger partial charge in [-0.3, -0.25) is 25.8 Å². The van der Waals surface area contributed by atoms with Crippen LogP contribution in [0.1, 0.15) is 15.9 Å². The largest absolute Gasteiger partial charge is 0.379 e. The second kappa shape index (κ2) is 9.03. The van der Waals surface area contributed by atoms with Gasteiger partial charge in [0, 0.05) is 36.3 Å². The summed E-state index contributed by atoms with van der Waals surface area (Å²) in [6, 6.07) is 11.4. The zero-order chi connectivity index (χ0) is 21.7. The molecule has 0 aliphatic carbocycles. The maximum Gasteiger partial charge on any atom is 0.270 e. The monoisotopic (exact) mass is 432 g/mol. The van der Waals surface area contributed by atoms with Crippen LogP contribution >= 0.6 is 0 Å². The Morgan fingerprint density at radius 3 is 2.43 bits per heavy atom. The summed E-state index contributed by atoms with van der Waals surface area (Å²) in [5.41, 5.74) is 5.69. The molecule has 10 nitrogen and oxygen atoms in total. The molecular formula is C19H20N4O6S. The number of hydrogen-bond acceptors (Lipinski definition) is 7. The molecule has 1 fully saturated rings. The number of morpholine rings is 1. The molecule has 0 unspecified atom stereocenters. The normalized spacial score (nSPS) is 14.7. The fourth-order valence-corrected chi connectivity index (χ4v) is 4.27. The maximum absolute atomic E-state index is 12.8. The summed E-state index contributed by atoms with van der Waals surface area (Å²) < 4.78 is 32.0. The number of ether oxygens (including phenoxy) is 1. The van der Waals surface area contributed by atoms with Crippen molar-refractivity contribution in [2.24, 2.45) is 0 Å². The molecule has 11 heteroatoms. The smallest absolute Gasteiger partial charge is 0.270 e. The van der Waals surface area contributed by atoms with Crippen molar-refractivity contribution in [2.45, 2.75) is 4.90 Å². The van der Waals surface area contributed by atoms with Gasteiger partial charge in [-0.25, -0.2) is 8.42 Å². The second-order valence-electron chi connectivity index (χ2n) is 6.41. The summed E-state index contributed by atoms with van der Waals surface area (Å²) >= 11 is 0. The van der Waals surface area contributed by atoms with Gasteiger partial charge >= 0.3 is 0 Å². The SMILES string of the molecule is C=C(NNC(=O)c1cccc(S(=O)(=O)N2CCOCC2)c1)c1cccc([N+](=O)[O-])c1. The van der Waals surface area contributed by atoms with E-state index in [0.717, 1.165) is 0 Å². The number of amides is 1. The van der Waals surface area contributed by atoms with Gasteiger partial charge in [0.25, 0.3) is 11.6 Å². The predicted octanol–water partition coefficient (Wildman–Crippen LogP) is 1.52. The van der Waals surface area contributed by atoms with E-state index in [2.05, 4.69) is 17.4 Å². The maximum atomic E-state index is 12.8. The zero-order valence-corrected chi connectivity index (χ0v) is 16.7. The van der Waals surface area contributed by atoms with Crippen LogP contribution < -0.4 is 10.9 Å². The minimum Gasteiger partial charge on any atom is -0.379 e.